The Bertz CT molecular complexity index is 918. The van der Waals surface area contributed by atoms with Crippen molar-refractivity contribution in [2.45, 2.75) is 56.5 Å². The lowest BCUT2D eigenvalue weighted by Crippen LogP contribution is -2.28. The third-order valence-corrected chi connectivity index (χ3v) is 5.91. The lowest BCUT2D eigenvalue weighted by molar-refractivity contribution is -0.154. The van der Waals surface area contributed by atoms with Crippen molar-refractivity contribution in [2.24, 2.45) is 0 Å². The highest BCUT2D eigenvalue weighted by molar-refractivity contribution is 7.83. The van der Waals surface area contributed by atoms with E-state index in [1.54, 1.807) is 32.9 Å². The smallest absolute Gasteiger partial charge is 0.416 e. The molecule has 2 unspecified atom stereocenters. The van der Waals surface area contributed by atoms with E-state index < -0.39 is 46.4 Å². The van der Waals surface area contributed by atoms with Crippen LogP contribution in [0.5, 0.6) is 0 Å². The van der Waals surface area contributed by atoms with Gasteiger partial charge in [0.2, 0.25) is 0 Å². The van der Waals surface area contributed by atoms with Crippen molar-refractivity contribution < 1.29 is 26.9 Å². The highest BCUT2D eigenvalue weighted by Crippen LogP contribution is 2.47. The predicted octanol–water partition coefficient (Wildman–Crippen LogP) is 4.80. The second-order valence-electron chi connectivity index (χ2n) is 7.97. The van der Waals surface area contributed by atoms with Crippen molar-refractivity contribution in [1.29, 1.82) is 0 Å². The van der Waals surface area contributed by atoms with Crippen molar-refractivity contribution in [2.75, 3.05) is 0 Å². The fourth-order valence-corrected chi connectivity index (χ4v) is 4.40. The van der Waals surface area contributed by atoms with E-state index >= 15 is 0 Å². The molecule has 156 valence electrons. The second-order valence-corrected chi connectivity index (χ2v) is 9.36. The molecule has 0 radical (unpaired) electrons. The van der Waals surface area contributed by atoms with Gasteiger partial charge in [-0.1, -0.05) is 29.8 Å². The van der Waals surface area contributed by atoms with Crippen LogP contribution in [0.15, 0.2) is 53.4 Å². The normalized spacial score (nSPS) is 22.8. The zero-order chi connectivity index (χ0) is 21.6. The number of alkyl halides is 3. The fraction of sp³-hybridized carbons (Fsp3) is 0.381. The number of rotatable bonds is 4. The molecule has 3 rings (SSSR count). The third kappa shape index (κ3) is 4.87. The van der Waals surface area contributed by atoms with E-state index in [4.69, 9.17) is 4.74 Å². The van der Waals surface area contributed by atoms with Crippen molar-refractivity contribution >= 4 is 17.0 Å². The number of esters is 1. The van der Waals surface area contributed by atoms with Crippen LogP contribution in [0.4, 0.5) is 13.2 Å². The zero-order valence-electron chi connectivity index (χ0n) is 16.5. The first-order valence-electron chi connectivity index (χ1n) is 9.05. The Morgan fingerprint density at radius 3 is 2.03 bits per heavy atom. The quantitative estimate of drug-likeness (QED) is 0.522. The summed E-state index contributed by atoms with van der Waals surface area (Å²) in [6.45, 7) is 7.07. The fourth-order valence-electron chi connectivity index (χ4n) is 2.99. The van der Waals surface area contributed by atoms with E-state index in [-0.39, 0.29) is 0 Å². The molecule has 1 aliphatic rings. The summed E-state index contributed by atoms with van der Waals surface area (Å²) in [5.41, 5.74) is -0.0303. The van der Waals surface area contributed by atoms with Crippen LogP contribution in [0.3, 0.4) is 0 Å². The monoisotopic (exact) mass is 425 g/mol. The summed E-state index contributed by atoms with van der Waals surface area (Å²) in [7, 11) is -1.65. The number of carbonyl (C=O) groups is 1. The first kappa shape index (κ1) is 21.5. The molecule has 2 aromatic rings. The van der Waals surface area contributed by atoms with Crippen LogP contribution in [-0.4, -0.2) is 26.1 Å². The summed E-state index contributed by atoms with van der Waals surface area (Å²) >= 11 is 0. The Balaban J connectivity index is 1.90. The van der Waals surface area contributed by atoms with E-state index in [0.717, 1.165) is 17.7 Å². The van der Waals surface area contributed by atoms with Crippen LogP contribution < -0.4 is 0 Å². The topological polar surface area (TPSA) is 46.4 Å². The van der Waals surface area contributed by atoms with Crippen LogP contribution in [0.1, 0.15) is 43.5 Å². The van der Waals surface area contributed by atoms with Crippen LogP contribution in [0, 0.1) is 6.92 Å². The van der Waals surface area contributed by atoms with E-state index in [1.807, 2.05) is 19.1 Å². The van der Waals surface area contributed by atoms with Gasteiger partial charge in [-0.3, -0.25) is 4.79 Å². The van der Waals surface area contributed by atoms with E-state index in [2.05, 4.69) is 0 Å². The number of carbonyl (C=O) groups excluding carboxylic acids is 1. The zero-order valence-corrected chi connectivity index (χ0v) is 17.3. The highest BCUT2D eigenvalue weighted by atomic mass is 32.2. The Labute approximate surface area is 170 Å². The molecule has 4 atom stereocenters. The van der Waals surface area contributed by atoms with Gasteiger partial charge in [-0.2, -0.15) is 17.5 Å². The molecule has 2 aromatic carbocycles. The molecule has 0 bridgehead atoms. The minimum atomic E-state index is -4.45. The molecular weight excluding hydrogens is 403 g/mol. The van der Waals surface area contributed by atoms with E-state index in [0.29, 0.717) is 10.5 Å². The molecule has 1 fully saturated rings. The summed E-state index contributed by atoms with van der Waals surface area (Å²) in [5.74, 6) is -0.553. The summed E-state index contributed by atoms with van der Waals surface area (Å²) in [6.07, 6.45) is -4.45. The van der Waals surface area contributed by atoms with Gasteiger partial charge in [-0.25, -0.2) is 4.21 Å². The maximum atomic E-state index is 13.1. The molecule has 0 N–H and O–H groups in total. The van der Waals surface area contributed by atoms with Crippen LogP contribution in [0.25, 0.3) is 0 Å². The predicted molar refractivity (Wildman–Crippen MR) is 103 cm³/mol. The molecule has 0 amide bonds. The molecule has 0 saturated carbocycles. The van der Waals surface area contributed by atoms with Crippen LogP contribution >= 0.6 is 0 Å². The summed E-state index contributed by atoms with van der Waals surface area (Å²) in [5, 5.41) is 0. The molecular formula is C21H22F3NO3S. The van der Waals surface area contributed by atoms with Gasteiger partial charge in [0.05, 0.1) is 16.5 Å². The Morgan fingerprint density at radius 1 is 1.00 bits per heavy atom. The van der Waals surface area contributed by atoms with Gasteiger partial charge in [-0.15, -0.1) is 0 Å². The maximum absolute atomic E-state index is 13.1. The SMILES string of the molecule is Cc1ccc(S(=O)N2[C@H](C(=O)OC(C)(C)C)[C@@H]2c2ccc(C(F)(F)F)cc2)cc1. The van der Waals surface area contributed by atoms with Crippen LogP contribution in [0.2, 0.25) is 0 Å². The van der Waals surface area contributed by atoms with E-state index in [1.165, 1.54) is 16.4 Å². The molecule has 1 aliphatic heterocycles. The minimum absolute atomic E-state index is 0.481. The van der Waals surface area contributed by atoms with Gasteiger partial charge in [0, 0.05) is 0 Å². The maximum Gasteiger partial charge on any atom is 0.416 e. The largest absolute Gasteiger partial charge is 0.459 e. The number of halogens is 3. The number of aryl methyl sites for hydroxylation is 1. The molecule has 0 aliphatic carbocycles. The lowest BCUT2D eigenvalue weighted by atomic mass is 10.1. The van der Waals surface area contributed by atoms with Gasteiger partial charge in [-0.05, 0) is 57.5 Å². The summed E-state index contributed by atoms with van der Waals surface area (Å²) in [4.78, 5) is 13.2. The lowest BCUT2D eigenvalue weighted by Gasteiger charge is -2.19. The first-order chi connectivity index (χ1) is 13.4. The highest BCUT2D eigenvalue weighted by Gasteiger charge is 2.58. The molecule has 1 heterocycles. The molecule has 4 nitrogen and oxygen atoms in total. The molecule has 0 spiro atoms. The summed E-state index contributed by atoms with van der Waals surface area (Å²) < 4.78 is 58.5. The standard InChI is InChI=1S/C21H22F3NO3S/c1-13-5-11-16(12-6-13)29(27)25-17(18(25)19(26)28-20(2,3)4)14-7-9-15(10-8-14)21(22,23)24/h5-12,17-18H,1-4H3/t17-,18-,25?,29?/m0/s1. The number of hydrogen-bond donors (Lipinski definition) is 0. The van der Waals surface area contributed by atoms with Crippen molar-refractivity contribution in [3.8, 4) is 0 Å². The Hall–Kier alpha value is -2.19. The average Bonchev–Trinajstić information content (AvgIpc) is 3.35. The Kier molecular flexibility index (Phi) is 5.62. The number of nitrogens with zero attached hydrogens (tertiary/aromatic N) is 1. The molecule has 0 aromatic heterocycles. The van der Waals surface area contributed by atoms with Crippen molar-refractivity contribution in [3.05, 3.63) is 65.2 Å². The number of hydrogen-bond acceptors (Lipinski definition) is 3. The molecule has 1 saturated heterocycles. The van der Waals surface area contributed by atoms with Gasteiger partial charge in [0.25, 0.3) is 0 Å². The molecule has 29 heavy (non-hydrogen) atoms. The van der Waals surface area contributed by atoms with Crippen molar-refractivity contribution in [1.82, 2.24) is 4.31 Å². The first-order valence-corrected chi connectivity index (χ1v) is 10.2. The Morgan fingerprint density at radius 2 is 1.55 bits per heavy atom. The van der Waals surface area contributed by atoms with Crippen LogP contribution in [-0.2, 0) is 26.7 Å². The third-order valence-electron chi connectivity index (χ3n) is 4.40. The minimum Gasteiger partial charge on any atom is -0.459 e. The van der Waals surface area contributed by atoms with Gasteiger partial charge in [0.1, 0.15) is 22.6 Å². The number of ether oxygens (including phenoxy) is 1. The van der Waals surface area contributed by atoms with Crippen molar-refractivity contribution in [3.63, 3.8) is 0 Å². The average molecular weight is 425 g/mol. The van der Waals surface area contributed by atoms with Gasteiger partial charge in [0.15, 0.2) is 0 Å². The molecule has 8 heteroatoms. The summed E-state index contributed by atoms with van der Waals surface area (Å²) in [6, 6.07) is 10.2. The van der Waals surface area contributed by atoms with Gasteiger partial charge >= 0.3 is 12.1 Å². The van der Waals surface area contributed by atoms with Gasteiger partial charge < -0.3 is 4.74 Å². The second kappa shape index (κ2) is 7.57. The number of benzene rings is 2. The van der Waals surface area contributed by atoms with E-state index in [9.17, 15) is 22.2 Å².